The van der Waals surface area contributed by atoms with Gasteiger partial charge in [-0.05, 0) is 67.8 Å². The van der Waals surface area contributed by atoms with Gasteiger partial charge in [0.2, 0.25) is 5.91 Å². The van der Waals surface area contributed by atoms with E-state index in [0.29, 0.717) is 28.4 Å². The molecule has 5 rings (SSSR count). The second kappa shape index (κ2) is 11.4. The molecule has 1 saturated carbocycles. The molecule has 1 fully saturated rings. The number of amides is 2. The average molecular weight is 527 g/mol. The van der Waals surface area contributed by atoms with Crippen LogP contribution in [0.15, 0.2) is 71.6 Å². The number of hydrogen-bond acceptors (Lipinski definition) is 5. The third-order valence-electron chi connectivity index (χ3n) is 6.98. The second-order valence-electron chi connectivity index (χ2n) is 9.79. The Labute approximate surface area is 225 Å². The van der Waals surface area contributed by atoms with E-state index in [-0.39, 0.29) is 5.91 Å². The molecule has 4 aromatic rings. The fourth-order valence-electron chi connectivity index (χ4n) is 5.03. The van der Waals surface area contributed by atoms with E-state index in [1.165, 1.54) is 25.3 Å². The summed E-state index contributed by atoms with van der Waals surface area (Å²) in [6.07, 6.45) is 11.6. The minimum atomic E-state index is -1.06. The molecular formula is C30H30N4O5. The fraction of sp³-hybridized carbons (Fsp3) is 0.267. The van der Waals surface area contributed by atoms with E-state index in [2.05, 4.69) is 15.2 Å². The minimum Gasteiger partial charge on any atom is -0.478 e. The molecule has 1 aliphatic rings. The fourth-order valence-corrected chi connectivity index (χ4v) is 5.03. The van der Waals surface area contributed by atoms with E-state index in [0.717, 1.165) is 35.8 Å². The smallest absolute Gasteiger partial charge is 0.328 e. The lowest BCUT2D eigenvalue weighted by atomic mass is 9.95. The SMILES string of the molecule is CC(NC(=O)c1ccc2c(c1)nc(-c1ccoc1)n2C1CCCCC1)C(=O)Nc1cccc(/C=C/C(=O)O)c1. The number of nitrogens with zero attached hydrogens (tertiary/aromatic N) is 2. The van der Waals surface area contributed by atoms with Gasteiger partial charge in [-0.1, -0.05) is 31.4 Å². The van der Waals surface area contributed by atoms with Crippen LogP contribution in [0.1, 0.15) is 61.0 Å². The number of imidazole rings is 1. The number of carbonyl (C=O) groups excluding carboxylic acids is 2. The van der Waals surface area contributed by atoms with Gasteiger partial charge < -0.3 is 24.7 Å². The van der Waals surface area contributed by atoms with Gasteiger partial charge in [-0.2, -0.15) is 0 Å². The molecule has 200 valence electrons. The summed E-state index contributed by atoms with van der Waals surface area (Å²) in [5.74, 6) is -1.00. The Balaban J connectivity index is 1.32. The minimum absolute atomic E-state index is 0.343. The highest BCUT2D eigenvalue weighted by molar-refractivity contribution is 6.02. The maximum Gasteiger partial charge on any atom is 0.328 e. The first-order chi connectivity index (χ1) is 18.9. The van der Waals surface area contributed by atoms with Crippen molar-refractivity contribution in [2.75, 3.05) is 5.32 Å². The number of rotatable bonds is 8. The van der Waals surface area contributed by atoms with Gasteiger partial charge in [-0.25, -0.2) is 9.78 Å². The summed E-state index contributed by atoms with van der Waals surface area (Å²) in [6.45, 7) is 1.61. The summed E-state index contributed by atoms with van der Waals surface area (Å²) in [5, 5.41) is 14.3. The molecule has 2 aromatic heterocycles. The zero-order valence-corrected chi connectivity index (χ0v) is 21.6. The maximum absolute atomic E-state index is 13.1. The lowest BCUT2D eigenvalue weighted by Gasteiger charge is -2.25. The first-order valence-corrected chi connectivity index (χ1v) is 13.1. The highest BCUT2D eigenvalue weighted by Gasteiger charge is 2.24. The molecule has 0 aliphatic heterocycles. The largest absolute Gasteiger partial charge is 0.478 e. The average Bonchev–Trinajstić information content (AvgIpc) is 3.60. The first kappa shape index (κ1) is 26.0. The van der Waals surface area contributed by atoms with Crippen LogP contribution in [0.5, 0.6) is 0 Å². The van der Waals surface area contributed by atoms with Gasteiger partial charge in [0.1, 0.15) is 18.1 Å². The van der Waals surface area contributed by atoms with Crippen LogP contribution >= 0.6 is 0 Å². The molecular weight excluding hydrogens is 496 g/mol. The number of benzene rings is 2. The van der Waals surface area contributed by atoms with Crippen molar-refractivity contribution in [1.29, 1.82) is 0 Å². The summed E-state index contributed by atoms with van der Waals surface area (Å²) >= 11 is 0. The molecule has 1 atom stereocenters. The van der Waals surface area contributed by atoms with Crippen LogP contribution in [0.2, 0.25) is 0 Å². The molecule has 9 heteroatoms. The molecule has 0 bridgehead atoms. The zero-order chi connectivity index (χ0) is 27.4. The van der Waals surface area contributed by atoms with E-state index in [9.17, 15) is 14.4 Å². The third-order valence-corrected chi connectivity index (χ3v) is 6.98. The van der Waals surface area contributed by atoms with Crippen molar-refractivity contribution in [3.05, 3.63) is 78.3 Å². The van der Waals surface area contributed by atoms with Crippen molar-refractivity contribution in [3.63, 3.8) is 0 Å². The van der Waals surface area contributed by atoms with Crippen molar-refractivity contribution < 1.29 is 23.9 Å². The maximum atomic E-state index is 13.1. The lowest BCUT2D eigenvalue weighted by molar-refractivity contribution is -0.131. The predicted molar refractivity (Wildman–Crippen MR) is 148 cm³/mol. The van der Waals surface area contributed by atoms with Crippen molar-refractivity contribution in [2.45, 2.75) is 51.1 Å². The molecule has 1 aliphatic carbocycles. The van der Waals surface area contributed by atoms with Crippen molar-refractivity contribution >= 4 is 40.6 Å². The van der Waals surface area contributed by atoms with Gasteiger partial charge in [0.15, 0.2) is 0 Å². The van der Waals surface area contributed by atoms with Crippen LogP contribution in [0.4, 0.5) is 5.69 Å². The number of carboxylic acid groups (broad SMARTS) is 1. The topological polar surface area (TPSA) is 126 Å². The predicted octanol–water partition coefficient (Wildman–Crippen LogP) is 5.66. The number of carboxylic acids is 1. The van der Waals surface area contributed by atoms with Gasteiger partial charge in [0.25, 0.3) is 5.91 Å². The Morgan fingerprint density at radius 1 is 1.10 bits per heavy atom. The zero-order valence-electron chi connectivity index (χ0n) is 21.6. The molecule has 0 saturated heterocycles. The number of carbonyl (C=O) groups is 3. The van der Waals surface area contributed by atoms with Crippen LogP contribution < -0.4 is 10.6 Å². The highest BCUT2D eigenvalue weighted by atomic mass is 16.4. The molecule has 2 amide bonds. The van der Waals surface area contributed by atoms with Crippen molar-refractivity contribution in [3.8, 4) is 11.4 Å². The molecule has 9 nitrogen and oxygen atoms in total. The summed E-state index contributed by atoms with van der Waals surface area (Å²) in [7, 11) is 0. The van der Waals surface area contributed by atoms with E-state index in [1.54, 1.807) is 55.8 Å². The number of aliphatic carboxylic acids is 1. The third kappa shape index (κ3) is 5.93. The van der Waals surface area contributed by atoms with Crippen LogP contribution in [-0.2, 0) is 9.59 Å². The number of nitrogens with one attached hydrogen (secondary N) is 2. The molecule has 0 radical (unpaired) electrons. The lowest BCUT2D eigenvalue weighted by Crippen LogP contribution is -2.41. The van der Waals surface area contributed by atoms with Crippen LogP contribution in [0, 0.1) is 0 Å². The number of fused-ring (bicyclic) bond motifs is 1. The molecule has 2 aromatic carbocycles. The highest BCUT2D eigenvalue weighted by Crippen LogP contribution is 2.36. The standard InChI is InChI=1S/C30H30N4O5/c1-19(29(37)32-23-7-5-6-20(16-23)10-13-27(35)36)31-30(38)21-11-12-26-25(17-21)33-28(22-14-15-39-18-22)34(26)24-8-3-2-4-9-24/h5-7,10-19,24H,2-4,8-9H2,1H3,(H,31,38)(H,32,37)(H,35,36)/b13-10+. The Hall–Kier alpha value is -4.66. The summed E-state index contributed by atoms with van der Waals surface area (Å²) in [4.78, 5) is 41.5. The summed E-state index contributed by atoms with van der Waals surface area (Å²) in [6, 6.07) is 13.7. The van der Waals surface area contributed by atoms with Gasteiger partial charge in [-0.15, -0.1) is 0 Å². The van der Waals surface area contributed by atoms with Crippen molar-refractivity contribution in [1.82, 2.24) is 14.9 Å². The monoisotopic (exact) mass is 526 g/mol. The normalized spacial score (nSPS) is 14.9. The Morgan fingerprint density at radius 3 is 2.67 bits per heavy atom. The van der Waals surface area contributed by atoms with Crippen LogP contribution in [0.3, 0.4) is 0 Å². The molecule has 2 heterocycles. The van der Waals surface area contributed by atoms with E-state index >= 15 is 0 Å². The summed E-state index contributed by atoms with van der Waals surface area (Å²) in [5.41, 5.74) is 4.12. The molecule has 39 heavy (non-hydrogen) atoms. The summed E-state index contributed by atoms with van der Waals surface area (Å²) < 4.78 is 7.60. The number of furan rings is 1. The molecule has 1 unspecified atom stereocenters. The second-order valence-corrected chi connectivity index (χ2v) is 9.79. The Kier molecular flexibility index (Phi) is 7.58. The van der Waals surface area contributed by atoms with Crippen LogP contribution in [0.25, 0.3) is 28.5 Å². The van der Waals surface area contributed by atoms with Gasteiger partial charge in [-0.3, -0.25) is 9.59 Å². The van der Waals surface area contributed by atoms with Crippen molar-refractivity contribution in [2.24, 2.45) is 0 Å². The van der Waals surface area contributed by atoms with Crippen LogP contribution in [-0.4, -0.2) is 38.5 Å². The van der Waals surface area contributed by atoms with Gasteiger partial charge >= 0.3 is 5.97 Å². The van der Waals surface area contributed by atoms with E-state index in [1.807, 2.05) is 12.1 Å². The van der Waals surface area contributed by atoms with E-state index in [4.69, 9.17) is 14.5 Å². The Morgan fingerprint density at radius 2 is 1.92 bits per heavy atom. The van der Waals surface area contributed by atoms with Gasteiger partial charge in [0.05, 0.1) is 22.9 Å². The first-order valence-electron chi connectivity index (χ1n) is 13.1. The Bertz CT molecular complexity index is 1530. The molecule has 0 spiro atoms. The number of aromatic nitrogens is 2. The van der Waals surface area contributed by atoms with Gasteiger partial charge in [0, 0.05) is 23.4 Å². The number of anilines is 1. The number of hydrogen-bond donors (Lipinski definition) is 3. The molecule has 3 N–H and O–H groups in total. The quantitative estimate of drug-likeness (QED) is 0.255. The van der Waals surface area contributed by atoms with E-state index < -0.39 is 17.9 Å².